The van der Waals surface area contributed by atoms with E-state index in [9.17, 15) is 14.4 Å². The number of barbiturate groups is 1. The second-order valence-corrected chi connectivity index (χ2v) is 6.77. The average molecular weight is 373 g/mol. The molecule has 0 radical (unpaired) electrons. The number of anilines is 1. The zero-order chi connectivity index (χ0) is 20.0. The molecule has 7 nitrogen and oxygen atoms in total. The van der Waals surface area contributed by atoms with Crippen LogP contribution in [0.2, 0.25) is 0 Å². The number of nitrogens with zero attached hydrogens (tertiary/aromatic N) is 2. The maximum Gasteiger partial charge on any atom is 0.335 e. The lowest BCUT2D eigenvalue weighted by Gasteiger charge is -2.31. The van der Waals surface area contributed by atoms with Crippen LogP contribution >= 0.6 is 0 Å². The normalized spacial score (nSPS) is 18.3. The molecule has 4 amide bonds. The van der Waals surface area contributed by atoms with Crippen molar-refractivity contribution in [2.24, 2.45) is 10.9 Å². The van der Waals surface area contributed by atoms with Gasteiger partial charge in [-0.3, -0.25) is 19.9 Å². The minimum Gasteiger partial charge on any atom is -0.335 e. The number of nitrogens with one attached hydrogen (secondary N) is 2. The summed E-state index contributed by atoms with van der Waals surface area (Å²) in [6, 6.07) is 6.38. The first-order valence-corrected chi connectivity index (χ1v) is 9.49. The van der Waals surface area contributed by atoms with E-state index in [1.54, 1.807) is 19.1 Å². The van der Waals surface area contributed by atoms with Crippen molar-refractivity contribution in [1.82, 2.24) is 5.32 Å². The fourth-order valence-electron chi connectivity index (χ4n) is 3.26. The van der Waals surface area contributed by atoms with E-state index < -0.39 is 23.8 Å². The summed E-state index contributed by atoms with van der Waals surface area (Å²) in [7, 11) is 0. The molecule has 1 heterocycles. The smallest absolute Gasteiger partial charge is 0.335 e. The number of carbonyl (C=O) groups excluding carboxylic acids is 3. The van der Waals surface area contributed by atoms with E-state index in [0.717, 1.165) is 36.5 Å². The lowest BCUT2D eigenvalue weighted by molar-refractivity contribution is -0.896. The van der Waals surface area contributed by atoms with Gasteiger partial charge < -0.3 is 4.90 Å². The van der Waals surface area contributed by atoms with Crippen molar-refractivity contribution in [2.45, 2.75) is 34.1 Å². The number of aliphatic imine (C=N–C) groups is 1. The highest BCUT2D eigenvalue weighted by Gasteiger charge is 2.43. The molecular weight excluding hydrogens is 344 g/mol. The Bertz CT molecular complexity index is 740. The van der Waals surface area contributed by atoms with Crippen molar-refractivity contribution in [2.75, 3.05) is 31.1 Å². The Labute approximate surface area is 160 Å². The molecule has 0 spiro atoms. The molecule has 0 saturated carbocycles. The number of carbonyl (C=O) groups is 3. The summed E-state index contributed by atoms with van der Waals surface area (Å²) in [5.41, 5.74) is 1.71. The lowest BCUT2D eigenvalue weighted by Crippen LogP contribution is -3.11. The third-order valence-electron chi connectivity index (χ3n) is 4.99. The molecule has 1 aromatic carbocycles. The first-order chi connectivity index (χ1) is 12.9. The molecule has 146 valence electrons. The van der Waals surface area contributed by atoms with Crippen molar-refractivity contribution < 1.29 is 19.3 Å². The first-order valence-electron chi connectivity index (χ1n) is 9.49. The second-order valence-electron chi connectivity index (χ2n) is 6.77. The third-order valence-corrected chi connectivity index (χ3v) is 4.99. The van der Waals surface area contributed by atoms with E-state index in [2.05, 4.69) is 24.2 Å². The van der Waals surface area contributed by atoms with Gasteiger partial charge in [0, 0.05) is 18.7 Å². The number of rotatable bonds is 8. The number of benzene rings is 1. The van der Waals surface area contributed by atoms with Crippen LogP contribution < -0.4 is 15.1 Å². The summed E-state index contributed by atoms with van der Waals surface area (Å²) in [4.78, 5) is 44.5. The minimum absolute atomic E-state index is 0.443. The van der Waals surface area contributed by atoms with Crippen LogP contribution in [0.25, 0.3) is 0 Å². The predicted molar refractivity (Wildman–Crippen MR) is 105 cm³/mol. The van der Waals surface area contributed by atoms with Crippen LogP contribution in [0.1, 0.15) is 32.8 Å². The Morgan fingerprint density at radius 2 is 1.85 bits per heavy atom. The van der Waals surface area contributed by atoms with Gasteiger partial charge in [0.2, 0.25) is 5.91 Å². The Kier molecular flexibility index (Phi) is 7.24. The van der Waals surface area contributed by atoms with Crippen LogP contribution in [0.4, 0.5) is 10.5 Å². The molecule has 1 aromatic rings. The van der Waals surface area contributed by atoms with Crippen molar-refractivity contribution in [3.05, 3.63) is 29.8 Å². The second kappa shape index (κ2) is 9.41. The molecule has 1 unspecified atom stereocenters. The molecule has 2 N–H and O–H groups in total. The highest BCUT2D eigenvalue weighted by molar-refractivity contribution is 6.35. The van der Waals surface area contributed by atoms with Gasteiger partial charge in [-0.25, -0.2) is 9.69 Å². The van der Waals surface area contributed by atoms with Crippen molar-refractivity contribution in [1.29, 1.82) is 0 Å². The first kappa shape index (κ1) is 20.8. The summed E-state index contributed by atoms with van der Waals surface area (Å²) in [5.74, 6) is -2.22. The van der Waals surface area contributed by atoms with Crippen LogP contribution in [0.5, 0.6) is 0 Å². The maximum atomic E-state index is 12.9. The van der Waals surface area contributed by atoms with Crippen LogP contribution in [0.3, 0.4) is 0 Å². The Morgan fingerprint density at radius 3 is 2.48 bits per heavy atom. The Morgan fingerprint density at radius 1 is 1.19 bits per heavy atom. The van der Waals surface area contributed by atoms with E-state index in [1.807, 2.05) is 19.1 Å². The quantitative estimate of drug-likeness (QED) is 0.405. The molecule has 1 aliphatic rings. The number of amides is 4. The number of hydrogen-bond acceptors (Lipinski definition) is 4. The zero-order valence-corrected chi connectivity index (χ0v) is 16.5. The topological polar surface area (TPSA) is 83.3 Å². The molecule has 0 bridgehead atoms. The molecule has 1 atom stereocenters. The summed E-state index contributed by atoms with van der Waals surface area (Å²) in [6.45, 7) is 11.5. The molecular formula is C20H29N4O3+. The van der Waals surface area contributed by atoms with Gasteiger partial charge >= 0.3 is 6.03 Å². The third kappa shape index (κ3) is 4.80. The van der Waals surface area contributed by atoms with Gasteiger partial charge in [0.1, 0.15) is 0 Å². The van der Waals surface area contributed by atoms with Gasteiger partial charge in [-0.2, -0.15) is 0 Å². The average Bonchev–Trinajstić information content (AvgIpc) is 2.63. The SMILES string of the molecule is CC[NH+](CC)CCCN=C(C)C1C(=O)NC(=O)N(c2ccccc2C)C1=O. The van der Waals surface area contributed by atoms with Gasteiger partial charge in [-0.05, 0) is 39.3 Å². The number of urea groups is 1. The largest absolute Gasteiger partial charge is 0.335 e. The number of quaternary nitrogens is 1. The summed E-state index contributed by atoms with van der Waals surface area (Å²) in [6.07, 6.45) is 0.886. The maximum absolute atomic E-state index is 12.9. The van der Waals surface area contributed by atoms with E-state index in [-0.39, 0.29) is 0 Å². The highest BCUT2D eigenvalue weighted by Crippen LogP contribution is 2.24. The molecule has 1 saturated heterocycles. The lowest BCUT2D eigenvalue weighted by atomic mass is 9.98. The summed E-state index contributed by atoms with van der Waals surface area (Å²) in [5, 5.41) is 2.29. The Hall–Kier alpha value is -2.54. The molecule has 2 rings (SSSR count). The van der Waals surface area contributed by atoms with Crippen molar-refractivity contribution in [3.8, 4) is 0 Å². The van der Waals surface area contributed by atoms with Crippen LogP contribution in [0, 0.1) is 12.8 Å². The molecule has 1 fully saturated rings. The van der Waals surface area contributed by atoms with Gasteiger partial charge in [0.05, 0.1) is 25.3 Å². The highest BCUT2D eigenvalue weighted by atomic mass is 16.2. The van der Waals surface area contributed by atoms with E-state index in [4.69, 9.17) is 0 Å². The molecule has 1 aliphatic heterocycles. The summed E-state index contributed by atoms with van der Waals surface area (Å²) >= 11 is 0. The van der Waals surface area contributed by atoms with E-state index in [0.29, 0.717) is 17.9 Å². The molecule has 27 heavy (non-hydrogen) atoms. The van der Waals surface area contributed by atoms with E-state index in [1.165, 1.54) is 4.90 Å². The standard InChI is InChI=1S/C20H28N4O3/c1-5-23(6-2)13-9-12-21-15(4)17-18(25)22-20(27)24(19(17)26)16-11-8-7-10-14(16)3/h7-8,10-11,17H,5-6,9,12-13H2,1-4H3,(H,22,25,27)/p+1. The predicted octanol–water partition coefficient (Wildman–Crippen LogP) is 0.970. The van der Waals surface area contributed by atoms with Crippen LogP contribution in [-0.4, -0.2) is 49.7 Å². The van der Waals surface area contributed by atoms with Gasteiger partial charge in [-0.1, -0.05) is 18.2 Å². The fraction of sp³-hybridized carbons (Fsp3) is 0.500. The van der Waals surface area contributed by atoms with Gasteiger partial charge in [-0.15, -0.1) is 0 Å². The number of aryl methyl sites for hydroxylation is 1. The molecule has 0 aliphatic carbocycles. The fourth-order valence-corrected chi connectivity index (χ4v) is 3.26. The van der Waals surface area contributed by atoms with Crippen molar-refractivity contribution >= 4 is 29.2 Å². The van der Waals surface area contributed by atoms with Crippen molar-refractivity contribution in [3.63, 3.8) is 0 Å². The number of hydrogen-bond donors (Lipinski definition) is 2. The van der Waals surface area contributed by atoms with Crippen LogP contribution in [-0.2, 0) is 9.59 Å². The summed E-state index contributed by atoms with van der Waals surface area (Å²) < 4.78 is 0. The van der Waals surface area contributed by atoms with Gasteiger partial charge in [0.15, 0.2) is 5.92 Å². The molecule has 0 aromatic heterocycles. The Balaban J connectivity index is 2.14. The zero-order valence-electron chi connectivity index (χ0n) is 16.5. The van der Waals surface area contributed by atoms with Crippen LogP contribution in [0.15, 0.2) is 29.3 Å². The molecule has 7 heteroatoms. The van der Waals surface area contributed by atoms with E-state index >= 15 is 0 Å². The number of imide groups is 2. The van der Waals surface area contributed by atoms with Gasteiger partial charge in [0.25, 0.3) is 5.91 Å². The minimum atomic E-state index is -1.07. The number of para-hydroxylation sites is 1. The monoisotopic (exact) mass is 373 g/mol.